The topological polar surface area (TPSA) is 118 Å². The molecule has 1 atom stereocenters. The highest BCUT2D eigenvalue weighted by Crippen LogP contribution is 2.24. The van der Waals surface area contributed by atoms with Crippen molar-refractivity contribution in [3.05, 3.63) is 53.1 Å². The molecule has 0 aliphatic carbocycles. The lowest BCUT2D eigenvalue weighted by Gasteiger charge is -2.21. The number of carbonyl (C=O) groups excluding carboxylic acids is 2. The summed E-state index contributed by atoms with van der Waals surface area (Å²) < 4.78 is 32.9. The highest BCUT2D eigenvalue weighted by atomic mass is 32.2. The minimum atomic E-state index is -3.84. The molecule has 0 aliphatic rings. The van der Waals surface area contributed by atoms with Gasteiger partial charge in [-0.25, -0.2) is 8.42 Å². The Morgan fingerprint density at radius 3 is 2.41 bits per heavy atom. The highest BCUT2D eigenvalue weighted by molar-refractivity contribution is 7.91. The van der Waals surface area contributed by atoms with Crippen molar-refractivity contribution in [1.82, 2.24) is 15.6 Å². The van der Waals surface area contributed by atoms with Gasteiger partial charge in [-0.05, 0) is 30.4 Å². The van der Waals surface area contributed by atoms with Gasteiger partial charge in [-0.15, -0.1) is 11.3 Å². The molecule has 0 bridgehead atoms. The van der Waals surface area contributed by atoms with Crippen LogP contribution >= 0.6 is 11.3 Å². The van der Waals surface area contributed by atoms with E-state index in [0.717, 1.165) is 16.7 Å². The minimum absolute atomic E-state index is 0.0757. The maximum atomic E-state index is 12.5. The highest BCUT2D eigenvalue weighted by Gasteiger charge is 2.29. The van der Waals surface area contributed by atoms with Crippen LogP contribution in [0.2, 0.25) is 0 Å². The van der Waals surface area contributed by atoms with E-state index in [4.69, 9.17) is 4.42 Å². The van der Waals surface area contributed by atoms with Gasteiger partial charge in [-0.2, -0.15) is 4.72 Å². The van der Waals surface area contributed by atoms with Crippen LogP contribution in [0.3, 0.4) is 0 Å². The normalized spacial score (nSPS) is 12.8. The molecule has 0 saturated heterocycles. The summed E-state index contributed by atoms with van der Waals surface area (Å²) >= 11 is 1.05. The Bertz CT molecular complexity index is 1130. The predicted octanol–water partition coefficient (Wildman–Crippen LogP) is 2.57. The van der Waals surface area contributed by atoms with Crippen LogP contribution in [0.5, 0.6) is 0 Å². The molecule has 0 fully saturated rings. The zero-order valence-corrected chi connectivity index (χ0v) is 17.7. The van der Waals surface area contributed by atoms with Crippen LogP contribution in [0.4, 0.5) is 0 Å². The third-order valence-corrected chi connectivity index (χ3v) is 7.18. The summed E-state index contributed by atoms with van der Waals surface area (Å²) in [5.74, 6) is -1.58. The lowest BCUT2D eigenvalue weighted by atomic mass is 10.1. The predicted molar refractivity (Wildman–Crippen MR) is 110 cm³/mol. The van der Waals surface area contributed by atoms with Gasteiger partial charge in [-0.3, -0.25) is 20.4 Å². The SMILES string of the molecule is Cc1c(C(=O)NNC(=O)[C@@H](NS(=O)(=O)c2cccs2)C(C)C)oc2ccccc12. The number of sulfonamides is 1. The van der Waals surface area contributed by atoms with Gasteiger partial charge in [0.15, 0.2) is 5.76 Å². The Balaban J connectivity index is 1.70. The number of hydrazine groups is 1. The average Bonchev–Trinajstić information content (AvgIpc) is 3.33. The number of hydrogen-bond acceptors (Lipinski definition) is 6. The first-order valence-electron chi connectivity index (χ1n) is 8.85. The molecule has 0 spiro atoms. The largest absolute Gasteiger partial charge is 0.451 e. The monoisotopic (exact) mass is 435 g/mol. The Hall–Kier alpha value is -2.69. The number of furan rings is 1. The molecule has 0 saturated carbocycles. The molecule has 8 nitrogen and oxygen atoms in total. The van der Waals surface area contributed by atoms with E-state index in [9.17, 15) is 18.0 Å². The van der Waals surface area contributed by atoms with Gasteiger partial charge in [0.2, 0.25) is 0 Å². The molecule has 154 valence electrons. The number of nitrogens with one attached hydrogen (secondary N) is 3. The molecule has 2 heterocycles. The Morgan fingerprint density at radius 1 is 1.07 bits per heavy atom. The van der Waals surface area contributed by atoms with Crippen molar-refractivity contribution < 1.29 is 22.4 Å². The first kappa shape index (κ1) is 21.0. The van der Waals surface area contributed by atoms with E-state index >= 15 is 0 Å². The molecule has 3 rings (SSSR count). The number of aryl methyl sites for hydroxylation is 1. The summed E-state index contributed by atoms with van der Waals surface area (Å²) in [7, 11) is -3.84. The Labute approximate surface area is 172 Å². The molecule has 10 heteroatoms. The molecule has 3 N–H and O–H groups in total. The molecular weight excluding hydrogens is 414 g/mol. The summed E-state index contributed by atoms with van der Waals surface area (Å²) in [5.41, 5.74) is 5.78. The van der Waals surface area contributed by atoms with E-state index in [0.29, 0.717) is 11.1 Å². The molecule has 0 unspecified atom stereocenters. The van der Waals surface area contributed by atoms with Crippen LogP contribution in [0.1, 0.15) is 30.0 Å². The second-order valence-electron chi connectivity index (χ2n) is 6.77. The second-order valence-corrected chi connectivity index (χ2v) is 9.66. The fourth-order valence-electron chi connectivity index (χ4n) is 2.78. The van der Waals surface area contributed by atoms with Crippen molar-refractivity contribution in [2.24, 2.45) is 5.92 Å². The summed E-state index contributed by atoms with van der Waals surface area (Å²) in [4.78, 5) is 25.0. The van der Waals surface area contributed by atoms with Crippen molar-refractivity contribution in [3.8, 4) is 0 Å². The average molecular weight is 436 g/mol. The lowest BCUT2D eigenvalue weighted by molar-refractivity contribution is -0.124. The smallest absolute Gasteiger partial charge is 0.305 e. The first-order valence-corrected chi connectivity index (χ1v) is 11.2. The standard InChI is InChI=1S/C19H21N3O5S2/c1-11(2)16(22-29(25,26)15-9-6-10-28-15)18(23)20-21-19(24)17-12(3)13-7-4-5-8-14(13)27-17/h4-11,16,22H,1-3H3,(H,20,23)(H,21,24)/t16-/m0/s1. The number of rotatable bonds is 6. The molecule has 2 amide bonds. The van der Waals surface area contributed by atoms with Crippen LogP contribution in [-0.4, -0.2) is 26.3 Å². The minimum Gasteiger partial charge on any atom is -0.451 e. The summed E-state index contributed by atoms with van der Waals surface area (Å²) in [5, 5.41) is 2.43. The van der Waals surface area contributed by atoms with Gasteiger partial charge in [0, 0.05) is 10.9 Å². The van der Waals surface area contributed by atoms with Crippen molar-refractivity contribution in [3.63, 3.8) is 0 Å². The third kappa shape index (κ3) is 4.50. The molecule has 2 aromatic heterocycles. The molecular formula is C19H21N3O5S2. The summed E-state index contributed by atoms with van der Waals surface area (Å²) in [6.07, 6.45) is 0. The van der Waals surface area contributed by atoms with E-state index in [2.05, 4.69) is 15.6 Å². The Kier molecular flexibility index (Phi) is 6.06. The van der Waals surface area contributed by atoms with Crippen LogP contribution in [-0.2, 0) is 14.8 Å². The fourth-order valence-corrected chi connectivity index (χ4v) is 5.13. The van der Waals surface area contributed by atoms with Gasteiger partial charge < -0.3 is 4.42 Å². The van der Waals surface area contributed by atoms with Crippen molar-refractivity contribution >= 4 is 44.1 Å². The van der Waals surface area contributed by atoms with Crippen molar-refractivity contribution in [1.29, 1.82) is 0 Å². The van der Waals surface area contributed by atoms with Gasteiger partial charge >= 0.3 is 5.91 Å². The number of para-hydroxylation sites is 1. The second kappa shape index (κ2) is 8.36. The van der Waals surface area contributed by atoms with Crippen LogP contribution in [0.15, 0.2) is 50.4 Å². The summed E-state index contributed by atoms with van der Waals surface area (Å²) in [6.45, 7) is 5.15. The van der Waals surface area contributed by atoms with Crippen LogP contribution in [0, 0.1) is 12.8 Å². The van der Waals surface area contributed by atoms with E-state index in [1.807, 2.05) is 12.1 Å². The first-order chi connectivity index (χ1) is 13.7. The van der Waals surface area contributed by atoms with Crippen LogP contribution < -0.4 is 15.6 Å². The van der Waals surface area contributed by atoms with E-state index in [1.54, 1.807) is 44.4 Å². The van der Waals surface area contributed by atoms with E-state index < -0.39 is 27.9 Å². The van der Waals surface area contributed by atoms with E-state index in [-0.39, 0.29) is 15.9 Å². The van der Waals surface area contributed by atoms with Gasteiger partial charge in [0.1, 0.15) is 15.8 Å². The molecule has 3 aromatic rings. The maximum absolute atomic E-state index is 12.5. The third-order valence-electron chi connectivity index (χ3n) is 4.34. The zero-order valence-electron chi connectivity index (χ0n) is 16.1. The maximum Gasteiger partial charge on any atom is 0.305 e. The number of hydrogen-bond donors (Lipinski definition) is 3. The molecule has 29 heavy (non-hydrogen) atoms. The number of thiophene rings is 1. The Morgan fingerprint density at radius 2 is 1.79 bits per heavy atom. The molecule has 0 aliphatic heterocycles. The molecule has 1 aromatic carbocycles. The zero-order chi connectivity index (χ0) is 21.2. The number of carbonyl (C=O) groups is 2. The van der Waals surface area contributed by atoms with Gasteiger partial charge in [-0.1, -0.05) is 38.1 Å². The fraction of sp³-hybridized carbons (Fsp3) is 0.263. The number of benzene rings is 1. The van der Waals surface area contributed by atoms with Gasteiger partial charge in [0.25, 0.3) is 15.9 Å². The lowest BCUT2D eigenvalue weighted by Crippen LogP contribution is -2.54. The van der Waals surface area contributed by atoms with Gasteiger partial charge in [0.05, 0.1) is 0 Å². The molecule has 0 radical (unpaired) electrons. The van der Waals surface area contributed by atoms with Crippen LogP contribution in [0.25, 0.3) is 11.0 Å². The number of amides is 2. The van der Waals surface area contributed by atoms with Crippen molar-refractivity contribution in [2.45, 2.75) is 31.0 Å². The quantitative estimate of drug-likeness (QED) is 0.515. The van der Waals surface area contributed by atoms with E-state index in [1.165, 1.54) is 6.07 Å². The number of fused-ring (bicyclic) bond motifs is 1. The van der Waals surface area contributed by atoms with Crippen molar-refractivity contribution in [2.75, 3.05) is 0 Å². The summed E-state index contributed by atoms with van der Waals surface area (Å²) in [6, 6.07) is 9.19.